The van der Waals surface area contributed by atoms with Crippen molar-refractivity contribution in [1.82, 2.24) is 0 Å². The number of benzene rings is 1. The molecule has 1 aliphatic heterocycles. The van der Waals surface area contributed by atoms with Gasteiger partial charge in [0, 0.05) is 11.5 Å². The maximum Gasteiger partial charge on any atom is 0.144 e. The highest BCUT2D eigenvalue weighted by Crippen LogP contribution is 2.34. The Morgan fingerprint density at radius 2 is 2.19 bits per heavy atom. The molecule has 1 aliphatic rings. The standard InChI is InChI=1S/C13H16N2O/c1-13(2,3)12-8-15-10-5-4-9(7-14)6-11(10)16-12/h4-6,12,15H,8H2,1-3H3. The lowest BCUT2D eigenvalue weighted by Gasteiger charge is -2.35. The van der Waals surface area contributed by atoms with Gasteiger partial charge in [0.2, 0.25) is 0 Å². The maximum atomic E-state index is 8.84. The molecule has 1 N–H and O–H groups in total. The van der Waals surface area contributed by atoms with E-state index in [1.54, 1.807) is 12.1 Å². The fourth-order valence-electron chi connectivity index (χ4n) is 1.72. The van der Waals surface area contributed by atoms with E-state index in [0.29, 0.717) is 5.56 Å². The van der Waals surface area contributed by atoms with Crippen LogP contribution in [0.2, 0.25) is 0 Å². The second-order valence-electron chi connectivity index (χ2n) is 5.18. The molecule has 0 amide bonds. The highest BCUT2D eigenvalue weighted by atomic mass is 16.5. The van der Waals surface area contributed by atoms with E-state index >= 15 is 0 Å². The Morgan fingerprint density at radius 3 is 2.81 bits per heavy atom. The van der Waals surface area contributed by atoms with Crippen LogP contribution in [0.1, 0.15) is 26.3 Å². The van der Waals surface area contributed by atoms with Crippen molar-refractivity contribution in [2.45, 2.75) is 26.9 Å². The van der Waals surface area contributed by atoms with Gasteiger partial charge in [0.15, 0.2) is 0 Å². The minimum atomic E-state index is 0.0906. The molecule has 84 valence electrons. The molecule has 0 radical (unpaired) electrons. The molecule has 3 nitrogen and oxygen atoms in total. The van der Waals surface area contributed by atoms with Crippen molar-refractivity contribution >= 4 is 5.69 Å². The number of nitrogens with one attached hydrogen (secondary N) is 1. The number of rotatable bonds is 0. The van der Waals surface area contributed by atoms with Gasteiger partial charge in [-0.25, -0.2) is 0 Å². The third kappa shape index (κ3) is 1.96. The molecule has 0 spiro atoms. The van der Waals surface area contributed by atoms with Crippen LogP contribution in [0.4, 0.5) is 5.69 Å². The molecule has 3 heteroatoms. The topological polar surface area (TPSA) is 45.0 Å². The van der Waals surface area contributed by atoms with E-state index in [4.69, 9.17) is 10.00 Å². The van der Waals surface area contributed by atoms with Gasteiger partial charge >= 0.3 is 0 Å². The van der Waals surface area contributed by atoms with Gasteiger partial charge in [-0.15, -0.1) is 0 Å². The van der Waals surface area contributed by atoms with Crippen molar-refractivity contribution in [3.05, 3.63) is 23.8 Å². The number of nitriles is 1. The van der Waals surface area contributed by atoms with Crippen molar-refractivity contribution in [2.75, 3.05) is 11.9 Å². The molecule has 1 aromatic rings. The number of anilines is 1. The predicted molar refractivity (Wildman–Crippen MR) is 63.5 cm³/mol. The summed E-state index contributed by atoms with van der Waals surface area (Å²) in [5.74, 6) is 0.783. The van der Waals surface area contributed by atoms with Gasteiger partial charge in [-0.2, -0.15) is 5.26 Å². The first-order valence-corrected chi connectivity index (χ1v) is 5.45. The van der Waals surface area contributed by atoms with E-state index in [2.05, 4.69) is 32.2 Å². The molecular weight excluding hydrogens is 200 g/mol. The Hall–Kier alpha value is -1.69. The summed E-state index contributed by atoms with van der Waals surface area (Å²) in [6.45, 7) is 7.26. The Bertz CT molecular complexity index is 440. The third-order valence-electron chi connectivity index (χ3n) is 2.82. The molecular formula is C13H16N2O. The lowest BCUT2D eigenvalue weighted by molar-refractivity contribution is 0.0922. The molecule has 0 aliphatic carbocycles. The predicted octanol–water partition coefficient (Wildman–Crippen LogP) is 2.78. The molecule has 16 heavy (non-hydrogen) atoms. The quantitative estimate of drug-likeness (QED) is 0.725. The molecule has 1 unspecified atom stereocenters. The van der Waals surface area contributed by atoms with Crippen LogP contribution in [0.5, 0.6) is 5.75 Å². The minimum absolute atomic E-state index is 0.0906. The number of hydrogen-bond acceptors (Lipinski definition) is 3. The maximum absolute atomic E-state index is 8.84. The van der Waals surface area contributed by atoms with Crippen molar-refractivity contribution in [3.8, 4) is 11.8 Å². The average molecular weight is 216 g/mol. The van der Waals surface area contributed by atoms with Crippen LogP contribution < -0.4 is 10.1 Å². The summed E-state index contributed by atoms with van der Waals surface area (Å²) in [6.07, 6.45) is 0.133. The van der Waals surface area contributed by atoms with Crippen LogP contribution >= 0.6 is 0 Å². The zero-order valence-electron chi connectivity index (χ0n) is 9.87. The zero-order chi connectivity index (χ0) is 11.8. The van der Waals surface area contributed by atoms with E-state index in [1.807, 2.05) is 6.07 Å². The van der Waals surface area contributed by atoms with Gasteiger partial charge in [-0.1, -0.05) is 20.8 Å². The molecule has 0 fully saturated rings. The van der Waals surface area contributed by atoms with E-state index in [0.717, 1.165) is 18.0 Å². The Labute approximate surface area is 96.0 Å². The zero-order valence-corrected chi connectivity index (χ0v) is 9.87. The molecule has 1 atom stereocenters. The summed E-state index contributed by atoms with van der Waals surface area (Å²) < 4.78 is 5.93. The third-order valence-corrected chi connectivity index (χ3v) is 2.82. The van der Waals surface area contributed by atoms with Gasteiger partial charge in [-0.05, 0) is 12.1 Å². The van der Waals surface area contributed by atoms with Crippen LogP contribution in [0.25, 0.3) is 0 Å². The summed E-state index contributed by atoms with van der Waals surface area (Å²) in [7, 11) is 0. The first-order valence-electron chi connectivity index (χ1n) is 5.45. The number of hydrogen-bond donors (Lipinski definition) is 1. The van der Waals surface area contributed by atoms with Crippen LogP contribution in [0.3, 0.4) is 0 Å². The van der Waals surface area contributed by atoms with Crippen molar-refractivity contribution in [2.24, 2.45) is 5.41 Å². The Kier molecular flexibility index (Phi) is 2.51. The highest BCUT2D eigenvalue weighted by molar-refractivity contribution is 5.60. The van der Waals surface area contributed by atoms with Crippen LogP contribution in [0, 0.1) is 16.7 Å². The van der Waals surface area contributed by atoms with E-state index in [1.165, 1.54) is 0 Å². The SMILES string of the molecule is CC(C)(C)C1CNc2ccc(C#N)cc2O1. The average Bonchev–Trinajstić information content (AvgIpc) is 2.26. The lowest BCUT2D eigenvalue weighted by atomic mass is 9.88. The van der Waals surface area contributed by atoms with Crippen LogP contribution in [0.15, 0.2) is 18.2 Å². The van der Waals surface area contributed by atoms with E-state index in [-0.39, 0.29) is 11.5 Å². The van der Waals surface area contributed by atoms with Crippen LogP contribution in [-0.4, -0.2) is 12.6 Å². The number of fused-ring (bicyclic) bond motifs is 1. The van der Waals surface area contributed by atoms with Crippen LogP contribution in [-0.2, 0) is 0 Å². The fraction of sp³-hybridized carbons (Fsp3) is 0.462. The molecule has 0 bridgehead atoms. The molecule has 1 heterocycles. The first-order chi connectivity index (χ1) is 7.50. The van der Waals surface area contributed by atoms with Crippen molar-refractivity contribution in [1.29, 1.82) is 5.26 Å². The van der Waals surface area contributed by atoms with E-state index in [9.17, 15) is 0 Å². The normalized spacial score (nSPS) is 19.0. The molecule has 0 saturated heterocycles. The number of ether oxygens (including phenoxy) is 1. The van der Waals surface area contributed by atoms with Crippen molar-refractivity contribution in [3.63, 3.8) is 0 Å². The monoisotopic (exact) mass is 216 g/mol. The molecule has 0 aromatic heterocycles. The number of nitrogens with zero attached hydrogens (tertiary/aromatic N) is 1. The minimum Gasteiger partial charge on any atom is -0.486 e. The summed E-state index contributed by atoms with van der Waals surface area (Å²) >= 11 is 0. The van der Waals surface area contributed by atoms with Gasteiger partial charge in [0.05, 0.1) is 23.9 Å². The summed E-state index contributed by atoms with van der Waals surface area (Å²) in [4.78, 5) is 0. The largest absolute Gasteiger partial charge is 0.486 e. The second-order valence-corrected chi connectivity index (χ2v) is 5.18. The lowest BCUT2D eigenvalue weighted by Crippen LogP contribution is -2.40. The smallest absolute Gasteiger partial charge is 0.144 e. The molecule has 2 rings (SSSR count). The molecule has 0 saturated carbocycles. The van der Waals surface area contributed by atoms with E-state index < -0.39 is 0 Å². The summed E-state index contributed by atoms with van der Waals surface area (Å²) in [6, 6.07) is 7.61. The summed E-state index contributed by atoms with van der Waals surface area (Å²) in [5.41, 5.74) is 1.70. The van der Waals surface area contributed by atoms with Gasteiger partial charge in [0.1, 0.15) is 11.9 Å². The summed E-state index contributed by atoms with van der Waals surface area (Å²) in [5, 5.41) is 12.2. The van der Waals surface area contributed by atoms with Crippen molar-refractivity contribution < 1.29 is 4.74 Å². The fourth-order valence-corrected chi connectivity index (χ4v) is 1.72. The Balaban J connectivity index is 2.29. The first kappa shape index (κ1) is 10.8. The van der Waals surface area contributed by atoms with Gasteiger partial charge in [0.25, 0.3) is 0 Å². The van der Waals surface area contributed by atoms with Gasteiger partial charge in [-0.3, -0.25) is 0 Å². The highest BCUT2D eigenvalue weighted by Gasteiger charge is 2.30. The second kappa shape index (κ2) is 3.71. The molecule has 1 aromatic carbocycles. The van der Waals surface area contributed by atoms with Gasteiger partial charge < -0.3 is 10.1 Å². The Morgan fingerprint density at radius 1 is 1.44 bits per heavy atom.